The van der Waals surface area contributed by atoms with E-state index in [2.05, 4.69) is 46.5 Å². The van der Waals surface area contributed by atoms with Gasteiger partial charge >= 0.3 is 0 Å². The summed E-state index contributed by atoms with van der Waals surface area (Å²) in [5.74, 6) is 0.245. The zero-order valence-corrected chi connectivity index (χ0v) is 13.1. The summed E-state index contributed by atoms with van der Waals surface area (Å²) >= 11 is 0. The van der Waals surface area contributed by atoms with E-state index in [1.807, 2.05) is 12.1 Å². The third-order valence-electron chi connectivity index (χ3n) is 3.67. The van der Waals surface area contributed by atoms with Crippen molar-refractivity contribution < 1.29 is 4.79 Å². The smallest absolute Gasteiger partial charge is 0.271 e. The number of amides is 1. The minimum Gasteiger partial charge on any atom is -0.345 e. The quantitative estimate of drug-likeness (QED) is 0.572. The van der Waals surface area contributed by atoms with E-state index in [0.29, 0.717) is 11.5 Å². The second-order valence-electron chi connectivity index (χ2n) is 5.65. The minimum atomic E-state index is -0.253. The summed E-state index contributed by atoms with van der Waals surface area (Å²) in [6, 6.07) is 13.4. The number of hydrazone groups is 1. The van der Waals surface area contributed by atoms with E-state index in [1.54, 1.807) is 30.7 Å². The predicted molar refractivity (Wildman–Crippen MR) is 91.7 cm³/mol. The summed E-state index contributed by atoms with van der Waals surface area (Å²) in [5.41, 5.74) is 6.95. The number of nitrogens with zero attached hydrogens (tertiary/aromatic N) is 2. The molecule has 0 fully saturated rings. The van der Waals surface area contributed by atoms with Gasteiger partial charge in [0, 0.05) is 5.56 Å². The maximum atomic E-state index is 12.1. The normalized spacial score (nSPS) is 11.4. The number of imidazole rings is 1. The summed E-state index contributed by atoms with van der Waals surface area (Å²) in [4.78, 5) is 19.2. The molecule has 0 aliphatic rings. The molecule has 1 amide bonds. The molecule has 0 aliphatic carbocycles. The van der Waals surface area contributed by atoms with Crippen molar-refractivity contribution in [3.05, 3.63) is 65.5 Å². The van der Waals surface area contributed by atoms with Crippen LogP contribution < -0.4 is 5.43 Å². The van der Waals surface area contributed by atoms with E-state index < -0.39 is 0 Å². The van der Waals surface area contributed by atoms with Crippen molar-refractivity contribution in [2.75, 3.05) is 0 Å². The van der Waals surface area contributed by atoms with Crippen molar-refractivity contribution in [1.29, 1.82) is 0 Å². The standard InChI is InChI=1S/C18H18N4O/c1-12(2)14-5-3-13(4-6-14)10-21-22-18(23)15-7-8-16-17(9-15)20-11-19-16/h3-12H,1-2H3,(H,19,20)(H,22,23). The number of fused-ring (bicyclic) bond motifs is 1. The lowest BCUT2D eigenvalue weighted by molar-refractivity contribution is 0.0955. The van der Waals surface area contributed by atoms with Crippen LogP contribution in [0.4, 0.5) is 0 Å². The average molecular weight is 306 g/mol. The van der Waals surface area contributed by atoms with Crippen molar-refractivity contribution in [3.63, 3.8) is 0 Å². The fourth-order valence-electron chi connectivity index (χ4n) is 2.27. The summed E-state index contributed by atoms with van der Waals surface area (Å²) < 4.78 is 0. The van der Waals surface area contributed by atoms with Gasteiger partial charge in [0.1, 0.15) is 0 Å². The first kappa shape index (κ1) is 15.0. The zero-order chi connectivity index (χ0) is 16.2. The highest BCUT2D eigenvalue weighted by Crippen LogP contribution is 2.14. The fraction of sp³-hybridized carbons (Fsp3) is 0.167. The molecule has 5 nitrogen and oxygen atoms in total. The Bertz CT molecular complexity index is 847. The molecular weight excluding hydrogens is 288 g/mol. The first-order chi connectivity index (χ1) is 11.1. The molecule has 0 radical (unpaired) electrons. The number of hydrogen-bond donors (Lipinski definition) is 2. The molecule has 2 N–H and O–H groups in total. The Hall–Kier alpha value is -2.95. The SMILES string of the molecule is CC(C)c1ccc(C=NNC(=O)c2ccc3nc[nH]c3c2)cc1. The molecule has 2 aromatic carbocycles. The molecule has 3 aromatic rings. The Labute approximate surface area is 134 Å². The first-order valence-electron chi connectivity index (χ1n) is 7.50. The van der Waals surface area contributed by atoms with E-state index in [9.17, 15) is 4.79 Å². The van der Waals surface area contributed by atoms with Crippen LogP contribution in [0.2, 0.25) is 0 Å². The number of hydrogen-bond acceptors (Lipinski definition) is 3. The Morgan fingerprint density at radius 3 is 2.74 bits per heavy atom. The molecule has 0 atom stereocenters. The van der Waals surface area contributed by atoms with Crippen molar-refractivity contribution in [2.45, 2.75) is 19.8 Å². The van der Waals surface area contributed by atoms with Gasteiger partial charge in [0.25, 0.3) is 5.91 Å². The Balaban J connectivity index is 1.65. The molecule has 0 saturated heterocycles. The second kappa shape index (κ2) is 6.44. The molecule has 0 spiro atoms. The Morgan fingerprint density at radius 2 is 2.00 bits per heavy atom. The number of carbonyl (C=O) groups excluding carboxylic acids is 1. The van der Waals surface area contributed by atoms with Gasteiger partial charge in [0.2, 0.25) is 0 Å². The lowest BCUT2D eigenvalue weighted by Crippen LogP contribution is -2.17. The monoisotopic (exact) mass is 306 g/mol. The van der Waals surface area contributed by atoms with Gasteiger partial charge in [-0.2, -0.15) is 5.10 Å². The fourth-order valence-corrected chi connectivity index (χ4v) is 2.27. The highest BCUT2D eigenvalue weighted by molar-refractivity contribution is 5.97. The topological polar surface area (TPSA) is 70.1 Å². The number of benzene rings is 2. The van der Waals surface area contributed by atoms with E-state index in [-0.39, 0.29) is 5.91 Å². The summed E-state index contributed by atoms with van der Waals surface area (Å²) in [6.45, 7) is 4.31. The highest BCUT2D eigenvalue weighted by atomic mass is 16.2. The third-order valence-corrected chi connectivity index (χ3v) is 3.67. The summed E-state index contributed by atoms with van der Waals surface area (Å²) in [7, 11) is 0. The molecule has 0 unspecified atom stereocenters. The van der Waals surface area contributed by atoms with Crippen LogP contribution in [-0.4, -0.2) is 22.1 Å². The largest absolute Gasteiger partial charge is 0.345 e. The van der Waals surface area contributed by atoms with Crippen LogP contribution in [0.1, 0.15) is 41.3 Å². The average Bonchev–Trinajstić information content (AvgIpc) is 3.02. The molecular formula is C18H18N4O. The van der Waals surface area contributed by atoms with Crippen molar-refractivity contribution in [3.8, 4) is 0 Å². The summed E-state index contributed by atoms with van der Waals surface area (Å²) in [5, 5.41) is 4.01. The second-order valence-corrected chi connectivity index (χ2v) is 5.65. The lowest BCUT2D eigenvalue weighted by atomic mass is 10.0. The molecule has 0 aliphatic heterocycles. The van der Waals surface area contributed by atoms with Gasteiger partial charge < -0.3 is 4.98 Å². The van der Waals surface area contributed by atoms with Gasteiger partial charge in [-0.1, -0.05) is 38.1 Å². The van der Waals surface area contributed by atoms with Gasteiger partial charge in [-0.3, -0.25) is 4.79 Å². The lowest BCUT2D eigenvalue weighted by Gasteiger charge is -2.04. The number of rotatable bonds is 4. The van der Waals surface area contributed by atoms with Gasteiger partial charge in [-0.15, -0.1) is 0 Å². The summed E-state index contributed by atoms with van der Waals surface area (Å²) in [6.07, 6.45) is 3.24. The van der Waals surface area contributed by atoms with Crippen molar-refractivity contribution in [1.82, 2.24) is 15.4 Å². The predicted octanol–water partition coefficient (Wildman–Crippen LogP) is 3.45. The van der Waals surface area contributed by atoms with Gasteiger partial charge in [0.05, 0.1) is 23.6 Å². The minimum absolute atomic E-state index is 0.253. The number of H-pyrrole nitrogens is 1. The molecule has 1 heterocycles. The maximum Gasteiger partial charge on any atom is 0.271 e. The van der Waals surface area contributed by atoms with Gasteiger partial charge in [-0.05, 0) is 35.2 Å². The third kappa shape index (κ3) is 3.45. The zero-order valence-electron chi connectivity index (χ0n) is 13.1. The van der Waals surface area contributed by atoms with E-state index in [4.69, 9.17) is 0 Å². The molecule has 3 rings (SSSR count). The number of aromatic nitrogens is 2. The Kier molecular flexibility index (Phi) is 4.19. The first-order valence-corrected chi connectivity index (χ1v) is 7.50. The van der Waals surface area contributed by atoms with Gasteiger partial charge in [-0.25, -0.2) is 10.4 Å². The molecule has 1 aromatic heterocycles. The Morgan fingerprint density at radius 1 is 1.22 bits per heavy atom. The molecule has 23 heavy (non-hydrogen) atoms. The van der Waals surface area contributed by atoms with E-state index in [1.165, 1.54) is 5.56 Å². The van der Waals surface area contributed by atoms with Crippen LogP contribution in [0.3, 0.4) is 0 Å². The highest BCUT2D eigenvalue weighted by Gasteiger charge is 2.06. The van der Waals surface area contributed by atoms with Crippen LogP contribution in [0, 0.1) is 0 Å². The molecule has 5 heteroatoms. The van der Waals surface area contributed by atoms with Crippen molar-refractivity contribution >= 4 is 23.2 Å². The van der Waals surface area contributed by atoms with E-state index >= 15 is 0 Å². The number of nitrogens with one attached hydrogen (secondary N) is 2. The van der Waals surface area contributed by atoms with Crippen LogP contribution in [-0.2, 0) is 0 Å². The van der Waals surface area contributed by atoms with Crippen LogP contribution in [0.15, 0.2) is 53.9 Å². The van der Waals surface area contributed by atoms with Crippen LogP contribution in [0.25, 0.3) is 11.0 Å². The van der Waals surface area contributed by atoms with E-state index in [0.717, 1.165) is 16.6 Å². The molecule has 0 saturated carbocycles. The van der Waals surface area contributed by atoms with Crippen LogP contribution >= 0.6 is 0 Å². The number of aromatic amines is 1. The molecule has 116 valence electrons. The van der Waals surface area contributed by atoms with Gasteiger partial charge in [0.15, 0.2) is 0 Å². The van der Waals surface area contributed by atoms with Crippen LogP contribution in [0.5, 0.6) is 0 Å². The van der Waals surface area contributed by atoms with Crippen molar-refractivity contribution in [2.24, 2.45) is 5.10 Å². The molecule has 0 bridgehead atoms. The number of carbonyl (C=O) groups is 1. The maximum absolute atomic E-state index is 12.1.